The maximum Gasteiger partial charge on any atom is 0.169 e. The molecule has 5 nitrogen and oxygen atoms in total. The number of morpholine rings is 1. The Hall–Kier alpha value is -1.24. The summed E-state index contributed by atoms with van der Waals surface area (Å²) >= 11 is 5.81. The normalized spacial score (nSPS) is 17.9. The van der Waals surface area contributed by atoms with Gasteiger partial charge in [0, 0.05) is 25.7 Å². The van der Waals surface area contributed by atoms with Crippen LogP contribution in [-0.2, 0) is 4.74 Å². The fraction of sp³-hybridized carbons (Fsp3) is 0.538. The summed E-state index contributed by atoms with van der Waals surface area (Å²) in [5, 5.41) is 2.97. The van der Waals surface area contributed by atoms with Gasteiger partial charge in [-0.3, -0.25) is 4.90 Å². The van der Waals surface area contributed by atoms with Gasteiger partial charge in [-0.1, -0.05) is 11.6 Å². The van der Waals surface area contributed by atoms with Crippen molar-refractivity contribution in [2.75, 3.05) is 49.6 Å². The average Bonchev–Trinajstić information content (AvgIpc) is 2.42. The van der Waals surface area contributed by atoms with Gasteiger partial charge in [-0.15, -0.1) is 0 Å². The van der Waals surface area contributed by atoms with Gasteiger partial charge in [0.05, 0.1) is 30.3 Å². The molecular weight excluding hydrogens is 283 g/mol. The number of ether oxygens (including phenoxy) is 1. The SMILES string of the molecule is CC(CN1CCOCC1)Nc1c(N)cc(N)c(Cl)c1F. The molecule has 7 heteroatoms. The molecule has 1 aliphatic rings. The Morgan fingerprint density at radius 1 is 1.40 bits per heavy atom. The second-order valence-electron chi connectivity index (χ2n) is 5.02. The Morgan fingerprint density at radius 2 is 2.05 bits per heavy atom. The van der Waals surface area contributed by atoms with E-state index in [1.807, 2.05) is 6.92 Å². The maximum absolute atomic E-state index is 14.1. The average molecular weight is 303 g/mol. The third-order valence-electron chi connectivity index (χ3n) is 3.29. The molecule has 0 aromatic heterocycles. The van der Waals surface area contributed by atoms with Crippen molar-refractivity contribution in [2.45, 2.75) is 13.0 Å². The molecule has 0 radical (unpaired) electrons. The highest BCUT2D eigenvalue weighted by Gasteiger charge is 2.18. The van der Waals surface area contributed by atoms with E-state index < -0.39 is 5.82 Å². The van der Waals surface area contributed by atoms with Crippen LogP contribution < -0.4 is 16.8 Å². The number of hydrogen-bond acceptors (Lipinski definition) is 5. The summed E-state index contributed by atoms with van der Waals surface area (Å²) in [6, 6.07) is 1.50. The van der Waals surface area contributed by atoms with Crippen molar-refractivity contribution in [3.05, 3.63) is 16.9 Å². The van der Waals surface area contributed by atoms with Crippen molar-refractivity contribution >= 4 is 28.7 Å². The van der Waals surface area contributed by atoms with Crippen LogP contribution in [0.2, 0.25) is 5.02 Å². The molecule has 1 unspecified atom stereocenters. The first-order valence-corrected chi connectivity index (χ1v) is 6.96. The molecule has 1 aliphatic heterocycles. The lowest BCUT2D eigenvalue weighted by molar-refractivity contribution is 0.0368. The number of halogens is 2. The van der Waals surface area contributed by atoms with Crippen LogP contribution in [0.5, 0.6) is 0 Å². The lowest BCUT2D eigenvalue weighted by Crippen LogP contribution is -2.42. The van der Waals surface area contributed by atoms with E-state index in [1.54, 1.807) is 0 Å². The number of nitrogen functional groups attached to an aromatic ring is 2. The van der Waals surface area contributed by atoms with E-state index >= 15 is 0 Å². The molecule has 112 valence electrons. The molecule has 0 aliphatic carbocycles. The number of benzene rings is 1. The van der Waals surface area contributed by atoms with Crippen molar-refractivity contribution in [2.24, 2.45) is 0 Å². The lowest BCUT2D eigenvalue weighted by atomic mass is 10.2. The van der Waals surface area contributed by atoms with E-state index in [4.69, 9.17) is 27.8 Å². The summed E-state index contributed by atoms with van der Waals surface area (Å²) in [6.45, 7) is 5.98. The number of nitrogens with one attached hydrogen (secondary N) is 1. The van der Waals surface area contributed by atoms with Crippen LogP contribution >= 0.6 is 11.6 Å². The van der Waals surface area contributed by atoms with Gasteiger partial charge in [0.25, 0.3) is 0 Å². The van der Waals surface area contributed by atoms with Crippen LogP contribution in [0.1, 0.15) is 6.92 Å². The Bertz CT molecular complexity index is 480. The molecule has 5 N–H and O–H groups in total. The minimum Gasteiger partial charge on any atom is -0.397 e. The number of anilines is 3. The molecule has 1 heterocycles. The van der Waals surface area contributed by atoms with Crippen molar-refractivity contribution < 1.29 is 9.13 Å². The highest BCUT2D eigenvalue weighted by atomic mass is 35.5. The first kappa shape index (κ1) is 15.2. The zero-order valence-corrected chi connectivity index (χ0v) is 12.2. The number of hydrogen-bond donors (Lipinski definition) is 3. The van der Waals surface area contributed by atoms with Gasteiger partial charge in [0.2, 0.25) is 0 Å². The fourth-order valence-electron chi connectivity index (χ4n) is 2.28. The van der Waals surface area contributed by atoms with Crippen LogP contribution in [-0.4, -0.2) is 43.8 Å². The fourth-order valence-corrected chi connectivity index (χ4v) is 2.43. The molecule has 2 rings (SSSR count). The summed E-state index contributed by atoms with van der Waals surface area (Å²) in [5.41, 5.74) is 12.0. The summed E-state index contributed by atoms with van der Waals surface area (Å²) in [7, 11) is 0. The van der Waals surface area contributed by atoms with E-state index in [2.05, 4.69) is 10.2 Å². The standard InChI is InChI=1S/C13H20ClFN4O/c1-8(7-19-2-4-20-5-3-19)18-13-10(17)6-9(16)11(14)12(13)15/h6,8,18H,2-5,7,16-17H2,1H3. The van der Waals surface area contributed by atoms with Gasteiger partial charge in [-0.2, -0.15) is 0 Å². The molecule has 0 saturated carbocycles. The molecule has 1 aromatic rings. The van der Waals surface area contributed by atoms with E-state index in [0.717, 1.165) is 32.8 Å². The monoisotopic (exact) mass is 302 g/mol. The highest BCUT2D eigenvalue weighted by molar-refractivity contribution is 6.33. The largest absolute Gasteiger partial charge is 0.397 e. The lowest BCUT2D eigenvalue weighted by Gasteiger charge is -2.30. The molecular formula is C13H20ClFN4O. The highest BCUT2D eigenvalue weighted by Crippen LogP contribution is 2.34. The summed E-state index contributed by atoms with van der Waals surface area (Å²) in [4.78, 5) is 2.26. The van der Waals surface area contributed by atoms with Gasteiger partial charge in [-0.25, -0.2) is 4.39 Å². The van der Waals surface area contributed by atoms with Crippen LogP contribution in [0.15, 0.2) is 6.07 Å². The van der Waals surface area contributed by atoms with Gasteiger partial charge in [0.15, 0.2) is 5.82 Å². The minimum atomic E-state index is -0.599. The van der Waals surface area contributed by atoms with Gasteiger partial charge < -0.3 is 21.5 Å². The maximum atomic E-state index is 14.1. The van der Waals surface area contributed by atoms with Gasteiger partial charge in [-0.05, 0) is 13.0 Å². The predicted molar refractivity (Wildman–Crippen MR) is 80.6 cm³/mol. The molecule has 20 heavy (non-hydrogen) atoms. The Morgan fingerprint density at radius 3 is 2.70 bits per heavy atom. The number of nitrogens with two attached hydrogens (primary N) is 2. The Labute approximate surface area is 123 Å². The molecule has 1 atom stereocenters. The zero-order valence-electron chi connectivity index (χ0n) is 11.5. The van der Waals surface area contributed by atoms with E-state index in [9.17, 15) is 4.39 Å². The molecule has 1 saturated heterocycles. The zero-order chi connectivity index (χ0) is 14.7. The molecule has 1 aromatic carbocycles. The number of nitrogens with zero attached hydrogens (tertiary/aromatic N) is 1. The Kier molecular flexibility index (Phi) is 4.91. The topological polar surface area (TPSA) is 76.5 Å². The second-order valence-corrected chi connectivity index (χ2v) is 5.39. The first-order chi connectivity index (χ1) is 9.49. The second kappa shape index (κ2) is 6.47. The quantitative estimate of drug-likeness (QED) is 0.739. The summed E-state index contributed by atoms with van der Waals surface area (Å²) < 4.78 is 19.4. The van der Waals surface area contributed by atoms with Crippen LogP contribution in [0.25, 0.3) is 0 Å². The van der Waals surface area contributed by atoms with Crippen molar-refractivity contribution in [3.63, 3.8) is 0 Å². The smallest absolute Gasteiger partial charge is 0.169 e. The van der Waals surface area contributed by atoms with E-state index in [0.29, 0.717) is 0 Å². The molecule has 0 amide bonds. The summed E-state index contributed by atoms with van der Waals surface area (Å²) in [6.07, 6.45) is 0. The third kappa shape index (κ3) is 3.45. The van der Waals surface area contributed by atoms with E-state index in [-0.39, 0.29) is 28.1 Å². The van der Waals surface area contributed by atoms with Crippen LogP contribution in [0.4, 0.5) is 21.5 Å². The van der Waals surface area contributed by atoms with Crippen molar-refractivity contribution in [1.29, 1.82) is 0 Å². The number of rotatable bonds is 4. The van der Waals surface area contributed by atoms with Crippen LogP contribution in [0.3, 0.4) is 0 Å². The minimum absolute atomic E-state index is 0.0320. The van der Waals surface area contributed by atoms with Crippen molar-refractivity contribution in [3.8, 4) is 0 Å². The van der Waals surface area contributed by atoms with Gasteiger partial charge in [0.1, 0.15) is 5.02 Å². The summed E-state index contributed by atoms with van der Waals surface area (Å²) in [5.74, 6) is -0.599. The third-order valence-corrected chi connectivity index (χ3v) is 3.68. The first-order valence-electron chi connectivity index (χ1n) is 6.58. The van der Waals surface area contributed by atoms with Crippen LogP contribution in [0, 0.1) is 5.82 Å². The van der Waals surface area contributed by atoms with Crippen molar-refractivity contribution in [1.82, 2.24) is 4.90 Å². The van der Waals surface area contributed by atoms with E-state index in [1.165, 1.54) is 6.07 Å². The molecule has 0 bridgehead atoms. The molecule has 0 spiro atoms. The van der Waals surface area contributed by atoms with Gasteiger partial charge >= 0.3 is 0 Å². The molecule has 1 fully saturated rings. The predicted octanol–water partition coefficient (Wildman–Crippen LogP) is 1.78. The Balaban J connectivity index is 2.03.